The van der Waals surface area contributed by atoms with Gasteiger partial charge in [-0.3, -0.25) is 14.5 Å². The summed E-state index contributed by atoms with van der Waals surface area (Å²) in [6.45, 7) is 6.87. The molecule has 3 heterocycles. The van der Waals surface area contributed by atoms with E-state index in [0.29, 0.717) is 28.3 Å². The van der Waals surface area contributed by atoms with Crippen LogP contribution in [0.5, 0.6) is 5.75 Å². The van der Waals surface area contributed by atoms with Gasteiger partial charge in [-0.1, -0.05) is 69.2 Å². The number of anilines is 1. The van der Waals surface area contributed by atoms with Crippen molar-refractivity contribution in [1.29, 1.82) is 0 Å². The van der Waals surface area contributed by atoms with Gasteiger partial charge in [0.1, 0.15) is 16.3 Å². The standard InChI is InChI=1S/C27H27N3O4S/c1-4-5-8-15-33-18-13-11-17(12-14-18)22-21-23(31)19-9-6-7-10-20(19)34-24(21)26(32)30(22)27-29-28-25(35-27)16(2)3/h6-7,9-14,16,22H,4-5,8,15H2,1-3H3. The highest BCUT2D eigenvalue weighted by molar-refractivity contribution is 7.15. The number of fused-ring (bicyclic) bond motifs is 2. The van der Waals surface area contributed by atoms with Crippen LogP contribution in [0, 0.1) is 0 Å². The van der Waals surface area contributed by atoms with Crippen LogP contribution >= 0.6 is 11.3 Å². The summed E-state index contributed by atoms with van der Waals surface area (Å²) in [5.41, 5.74) is 1.28. The quantitative estimate of drug-likeness (QED) is 0.279. The maximum Gasteiger partial charge on any atom is 0.297 e. The van der Waals surface area contributed by atoms with E-state index in [1.807, 2.05) is 38.1 Å². The van der Waals surface area contributed by atoms with Gasteiger partial charge in [0.2, 0.25) is 10.9 Å². The number of nitrogens with zero attached hydrogens (tertiary/aromatic N) is 3. The molecule has 1 amide bonds. The predicted molar refractivity (Wildman–Crippen MR) is 137 cm³/mol. The smallest absolute Gasteiger partial charge is 0.297 e. The highest BCUT2D eigenvalue weighted by Gasteiger charge is 2.45. The van der Waals surface area contributed by atoms with E-state index >= 15 is 0 Å². The molecule has 35 heavy (non-hydrogen) atoms. The number of carbonyl (C=O) groups is 1. The minimum atomic E-state index is -0.666. The van der Waals surface area contributed by atoms with Crippen molar-refractivity contribution in [3.8, 4) is 5.75 Å². The van der Waals surface area contributed by atoms with Gasteiger partial charge in [-0.05, 0) is 36.2 Å². The Morgan fingerprint density at radius 3 is 2.54 bits per heavy atom. The Hall–Kier alpha value is -3.52. The molecular weight excluding hydrogens is 462 g/mol. The van der Waals surface area contributed by atoms with Gasteiger partial charge in [0.15, 0.2) is 5.43 Å². The molecule has 0 saturated heterocycles. The van der Waals surface area contributed by atoms with Gasteiger partial charge < -0.3 is 9.15 Å². The lowest BCUT2D eigenvalue weighted by Gasteiger charge is -2.22. The summed E-state index contributed by atoms with van der Waals surface area (Å²) >= 11 is 1.35. The van der Waals surface area contributed by atoms with Crippen molar-refractivity contribution in [2.24, 2.45) is 0 Å². The zero-order valence-corrected chi connectivity index (χ0v) is 20.8. The summed E-state index contributed by atoms with van der Waals surface area (Å²) in [5, 5.41) is 10.3. The van der Waals surface area contributed by atoms with Crippen LogP contribution in [-0.4, -0.2) is 22.7 Å². The highest BCUT2D eigenvalue weighted by Crippen LogP contribution is 2.43. The van der Waals surface area contributed by atoms with Gasteiger partial charge in [-0.2, -0.15) is 0 Å². The minimum absolute atomic E-state index is 0.0555. The van der Waals surface area contributed by atoms with Crippen molar-refractivity contribution in [2.75, 3.05) is 11.5 Å². The molecular formula is C27H27N3O4S. The van der Waals surface area contributed by atoms with Crippen molar-refractivity contribution in [2.45, 2.75) is 52.0 Å². The largest absolute Gasteiger partial charge is 0.494 e. The van der Waals surface area contributed by atoms with E-state index in [0.717, 1.165) is 35.6 Å². The second-order valence-electron chi connectivity index (χ2n) is 8.95. The fourth-order valence-electron chi connectivity index (χ4n) is 4.28. The molecule has 8 heteroatoms. The molecule has 0 spiro atoms. The van der Waals surface area contributed by atoms with Crippen molar-refractivity contribution in [3.05, 3.63) is 80.6 Å². The lowest BCUT2D eigenvalue weighted by molar-refractivity contribution is 0.0970. The Morgan fingerprint density at radius 2 is 1.83 bits per heavy atom. The molecule has 0 saturated carbocycles. The summed E-state index contributed by atoms with van der Waals surface area (Å²) in [5.74, 6) is 0.592. The maximum absolute atomic E-state index is 13.6. The third-order valence-corrected chi connectivity index (χ3v) is 7.34. The molecule has 5 rings (SSSR count). The molecule has 2 aromatic carbocycles. The minimum Gasteiger partial charge on any atom is -0.494 e. The fraction of sp³-hybridized carbons (Fsp3) is 0.333. The number of para-hydroxylation sites is 1. The predicted octanol–water partition coefficient (Wildman–Crippen LogP) is 6.09. The average Bonchev–Trinajstić information content (AvgIpc) is 3.46. The number of benzene rings is 2. The van der Waals surface area contributed by atoms with Crippen LogP contribution in [0.25, 0.3) is 11.0 Å². The third kappa shape index (κ3) is 4.23. The Labute approximate surface area is 207 Å². The molecule has 180 valence electrons. The van der Waals surface area contributed by atoms with Gasteiger partial charge in [-0.15, -0.1) is 10.2 Å². The monoisotopic (exact) mass is 489 g/mol. The van der Waals surface area contributed by atoms with Crippen molar-refractivity contribution < 1.29 is 13.9 Å². The topological polar surface area (TPSA) is 85.5 Å². The number of ether oxygens (including phenoxy) is 1. The maximum atomic E-state index is 13.6. The van der Waals surface area contributed by atoms with E-state index in [9.17, 15) is 9.59 Å². The first-order valence-corrected chi connectivity index (χ1v) is 12.8. The highest BCUT2D eigenvalue weighted by atomic mass is 32.1. The summed E-state index contributed by atoms with van der Waals surface area (Å²) in [6, 6.07) is 13.9. The van der Waals surface area contributed by atoms with Crippen molar-refractivity contribution >= 4 is 33.3 Å². The van der Waals surface area contributed by atoms with E-state index < -0.39 is 6.04 Å². The number of carbonyl (C=O) groups excluding carboxylic acids is 1. The van der Waals surface area contributed by atoms with Crippen LogP contribution in [0.2, 0.25) is 0 Å². The first-order chi connectivity index (χ1) is 17.0. The van der Waals surface area contributed by atoms with Gasteiger partial charge in [0, 0.05) is 5.92 Å². The lowest BCUT2D eigenvalue weighted by Crippen LogP contribution is -2.29. The lowest BCUT2D eigenvalue weighted by atomic mass is 9.98. The zero-order chi connectivity index (χ0) is 24.5. The number of rotatable bonds is 8. The molecule has 1 aliphatic rings. The van der Waals surface area contributed by atoms with Crippen molar-refractivity contribution in [1.82, 2.24) is 10.2 Å². The van der Waals surface area contributed by atoms with E-state index in [2.05, 4.69) is 17.1 Å². The van der Waals surface area contributed by atoms with E-state index in [1.54, 1.807) is 24.3 Å². The zero-order valence-electron chi connectivity index (χ0n) is 20.0. The molecule has 4 aromatic rings. The Kier molecular flexibility index (Phi) is 6.38. The summed E-state index contributed by atoms with van der Waals surface area (Å²) < 4.78 is 11.9. The van der Waals surface area contributed by atoms with Crippen LogP contribution < -0.4 is 15.1 Å². The molecule has 0 N–H and O–H groups in total. The molecule has 1 aliphatic heterocycles. The average molecular weight is 490 g/mol. The molecule has 0 fully saturated rings. The molecule has 0 radical (unpaired) electrons. The summed E-state index contributed by atoms with van der Waals surface area (Å²) in [7, 11) is 0. The van der Waals surface area contributed by atoms with Gasteiger partial charge in [0.05, 0.1) is 23.6 Å². The number of hydrogen-bond donors (Lipinski definition) is 0. The van der Waals surface area contributed by atoms with Gasteiger partial charge >= 0.3 is 0 Å². The first kappa shape index (κ1) is 23.2. The fourth-order valence-corrected chi connectivity index (χ4v) is 5.15. The van der Waals surface area contributed by atoms with E-state index in [-0.39, 0.29) is 23.0 Å². The van der Waals surface area contributed by atoms with E-state index in [4.69, 9.17) is 9.15 Å². The van der Waals surface area contributed by atoms with Gasteiger partial charge in [0.25, 0.3) is 5.91 Å². The van der Waals surface area contributed by atoms with Crippen molar-refractivity contribution in [3.63, 3.8) is 0 Å². The third-order valence-electron chi connectivity index (χ3n) is 6.12. The molecule has 1 unspecified atom stereocenters. The SMILES string of the molecule is CCCCCOc1ccc(C2c3c(oc4ccccc4c3=O)C(=O)N2c2nnc(C(C)C)s2)cc1. The molecule has 1 atom stereocenters. The number of aromatic nitrogens is 2. The van der Waals surface area contributed by atoms with Crippen LogP contribution in [0.15, 0.2) is 57.7 Å². The Morgan fingerprint density at radius 1 is 1.06 bits per heavy atom. The Balaban J connectivity index is 1.60. The molecule has 7 nitrogen and oxygen atoms in total. The molecule has 0 aliphatic carbocycles. The number of hydrogen-bond acceptors (Lipinski definition) is 7. The Bertz CT molecular complexity index is 1420. The van der Waals surface area contributed by atoms with E-state index in [1.165, 1.54) is 16.2 Å². The van der Waals surface area contributed by atoms with Crippen LogP contribution in [0.4, 0.5) is 5.13 Å². The van der Waals surface area contributed by atoms with Crippen LogP contribution in [-0.2, 0) is 0 Å². The first-order valence-electron chi connectivity index (χ1n) is 11.9. The molecule has 0 bridgehead atoms. The summed E-state index contributed by atoms with van der Waals surface area (Å²) in [6.07, 6.45) is 3.26. The van der Waals surface area contributed by atoms with Crippen LogP contribution in [0.1, 0.15) is 78.7 Å². The van der Waals surface area contributed by atoms with Gasteiger partial charge in [-0.25, -0.2) is 0 Å². The molecule has 2 aromatic heterocycles. The van der Waals surface area contributed by atoms with Crippen LogP contribution in [0.3, 0.4) is 0 Å². The second-order valence-corrected chi connectivity index (χ2v) is 9.94. The normalized spacial score (nSPS) is 15.3. The summed E-state index contributed by atoms with van der Waals surface area (Å²) in [4.78, 5) is 28.8. The number of amides is 1. The number of unbranched alkanes of at least 4 members (excludes halogenated alkanes) is 2. The second kappa shape index (κ2) is 9.62.